The van der Waals surface area contributed by atoms with E-state index in [1.54, 1.807) is 12.1 Å². The van der Waals surface area contributed by atoms with Gasteiger partial charge < -0.3 is 10.2 Å². The van der Waals surface area contributed by atoms with Crippen LogP contribution >= 0.6 is 15.9 Å². The van der Waals surface area contributed by atoms with E-state index in [4.69, 9.17) is 5.26 Å². The molecule has 1 N–H and O–H groups in total. The first-order valence-corrected chi connectivity index (χ1v) is 8.26. The zero-order valence-electron chi connectivity index (χ0n) is 12.1. The second-order valence-electron chi connectivity index (χ2n) is 6.12. The maximum atomic E-state index is 14.3. The summed E-state index contributed by atoms with van der Waals surface area (Å²) in [5, 5.41) is 12.3. The first-order valence-electron chi connectivity index (χ1n) is 7.46. The molecule has 5 heteroatoms. The first kappa shape index (κ1) is 14.8. The number of nitrogens with one attached hydrogen (secondary N) is 1. The molecule has 0 saturated carbocycles. The van der Waals surface area contributed by atoms with Crippen molar-refractivity contribution in [3.63, 3.8) is 0 Å². The third kappa shape index (κ3) is 2.79. The van der Waals surface area contributed by atoms with Crippen molar-refractivity contribution in [3.05, 3.63) is 28.0 Å². The Morgan fingerprint density at radius 1 is 1.33 bits per heavy atom. The number of rotatable bonds is 2. The van der Waals surface area contributed by atoms with Gasteiger partial charge in [-0.05, 0) is 60.8 Å². The van der Waals surface area contributed by atoms with Gasteiger partial charge in [0.05, 0.1) is 15.7 Å². The molecule has 2 aliphatic heterocycles. The van der Waals surface area contributed by atoms with Crippen LogP contribution in [-0.4, -0.2) is 30.1 Å². The minimum absolute atomic E-state index is 0.253. The van der Waals surface area contributed by atoms with Gasteiger partial charge in [0.2, 0.25) is 0 Å². The van der Waals surface area contributed by atoms with Crippen LogP contribution in [0.25, 0.3) is 0 Å². The maximum Gasteiger partial charge on any atom is 0.161 e. The molecule has 1 aromatic carbocycles. The average molecular weight is 352 g/mol. The van der Waals surface area contributed by atoms with Crippen LogP contribution in [0.1, 0.15) is 37.7 Å². The van der Waals surface area contributed by atoms with Gasteiger partial charge in [-0.3, -0.25) is 0 Å². The molecule has 2 unspecified atom stereocenters. The van der Waals surface area contributed by atoms with Crippen molar-refractivity contribution in [2.75, 3.05) is 12.4 Å². The molecule has 0 spiro atoms. The molecule has 2 atom stereocenters. The Morgan fingerprint density at radius 3 is 2.62 bits per heavy atom. The van der Waals surface area contributed by atoms with E-state index < -0.39 is 0 Å². The Labute approximate surface area is 133 Å². The summed E-state index contributed by atoms with van der Waals surface area (Å²) in [6.07, 6.45) is 5.91. The second-order valence-corrected chi connectivity index (χ2v) is 6.91. The highest BCUT2D eigenvalue weighted by Gasteiger charge is 2.36. The van der Waals surface area contributed by atoms with E-state index in [9.17, 15) is 4.39 Å². The summed E-state index contributed by atoms with van der Waals surface area (Å²) in [7, 11) is 2.21. The highest BCUT2D eigenvalue weighted by Crippen LogP contribution is 2.35. The summed E-state index contributed by atoms with van der Waals surface area (Å²) in [5.74, 6) is -0.363. The summed E-state index contributed by atoms with van der Waals surface area (Å²) in [4.78, 5) is 2.49. The first-order chi connectivity index (χ1) is 10.1. The van der Waals surface area contributed by atoms with Crippen molar-refractivity contribution in [1.29, 1.82) is 5.26 Å². The van der Waals surface area contributed by atoms with Crippen molar-refractivity contribution in [3.8, 4) is 6.07 Å². The molecule has 0 amide bonds. The zero-order chi connectivity index (χ0) is 15.0. The van der Waals surface area contributed by atoms with Crippen LogP contribution in [0.4, 0.5) is 10.1 Å². The van der Waals surface area contributed by atoms with E-state index in [0.717, 1.165) is 12.8 Å². The van der Waals surface area contributed by atoms with E-state index in [1.807, 2.05) is 6.07 Å². The molecule has 2 aliphatic rings. The fourth-order valence-electron chi connectivity index (χ4n) is 3.70. The van der Waals surface area contributed by atoms with Gasteiger partial charge in [0.15, 0.2) is 5.82 Å². The summed E-state index contributed by atoms with van der Waals surface area (Å²) in [6, 6.07) is 6.85. The lowest BCUT2D eigenvalue weighted by Gasteiger charge is -2.47. The van der Waals surface area contributed by atoms with Crippen molar-refractivity contribution in [2.24, 2.45) is 0 Å². The molecule has 2 bridgehead atoms. The Kier molecular flexibility index (Phi) is 4.19. The van der Waals surface area contributed by atoms with Crippen molar-refractivity contribution >= 4 is 21.6 Å². The number of hydrogen-bond acceptors (Lipinski definition) is 3. The van der Waals surface area contributed by atoms with Crippen LogP contribution in [0, 0.1) is 17.1 Å². The largest absolute Gasteiger partial charge is 0.380 e. The van der Waals surface area contributed by atoms with E-state index in [1.165, 1.54) is 19.3 Å². The summed E-state index contributed by atoms with van der Waals surface area (Å²) < 4.78 is 14.6. The molecule has 0 aliphatic carbocycles. The Balaban J connectivity index is 1.76. The molecular formula is C16H19BrFN3. The van der Waals surface area contributed by atoms with Crippen LogP contribution in [0.15, 0.2) is 16.6 Å². The number of benzene rings is 1. The molecule has 3 nitrogen and oxygen atoms in total. The highest BCUT2D eigenvalue weighted by atomic mass is 79.9. The number of nitriles is 1. The molecular weight excluding hydrogens is 333 g/mol. The normalized spacial score (nSPS) is 29.0. The minimum Gasteiger partial charge on any atom is -0.380 e. The van der Waals surface area contributed by atoms with Crippen molar-refractivity contribution in [2.45, 2.75) is 50.2 Å². The van der Waals surface area contributed by atoms with Gasteiger partial charge in [-0.1, -0.05) is 6.42 Å². The summed E-state index contributed by atoms with van der Waals surface area (Å²) in [5.41, 5.74) is 0.826. The number of nitrogens with zero attached hydrogens (tertiary/aromatic N) is 2. The molecule has 112 valence electrons. The monoisotopic (exact) mass is 351 g/mol. The van der Waals surface area contributed by atoms with Crippen LogP contribution < -0.4 is 5.32 Å². The Morgan fingerprint density at radius 2 is 2.00 bits per heavy atom. The lowest BCUT2D eigenvalue weighted by atomic mass is 9.82. The molecule has 0 aromatic heterocycles. The minimum atomic E-state index is -0.363. The quantitative estimate of drug-likeness (QED) is 0.878. The van der Waals surface area contributed by atoms with Crippen LogP contribution in [0.3, 0.4) is 0 Å². The van der Waals surface area contributed by atoms with E-state index >= 15 is 0 Å². The van der Waals surface area contributed by atoms with Gasteiger partial charge in [-0.15, -0.1) is 0 Å². The second kappa shape index (κ2) is 5.94. The van der Waals surface area contributed by atoms with Gasteiger partial charge in [0, 0.05) is 18.1 Å². The summed E-state index contributed by atoms with van der Waals surface area (Å²) >= 11 is 3.17. The molecule has 2 fully saturated rings. The molecule has 2 heterocycles. The fourth-order valence-corrected chi connectivity index (χ4v) is 4.14. The van der Waals surface area contributed by atoms with Crippen LogP contribution in [0.2, 0.25) is 0 Å². The number of piperidine rings is 2. The predicted octanol–water partition coefficient (Wildman–Crippen LogP) is 3.89. The lowest BCUT2D eigenvalue weighted by Crippen LogP contribution is -2.52. The standard InChI is InChI=1S/C16H19BrFN3/c1-21-12-3-2-4-13(21)8-11(7-12)20-14-6-5-10(9-19)15(17)16(14)18/h5-6,11-13,20H,2-4,7-8H2,1H3. The Bertz CT molecular complexity index is 570. The summed E-state index contributed by atoms with van der Waals surface area (Å²) in [6.45, 7) is 0. The van der Waals surface area contributed by atoms with E-state index in [2.05, 4.69) is 33.2 Å². The number of halogens is 2. The van der Waals surface area contributed by atoms with Gasteiger partial charge in [0.25, 0.3) is 0 Å². The topological polar surface area (TPSA) is 39.1 Å². The molecule has 21 heavy (non-hydrogen) atoms. The van der Waals surface area contributed by atoms with Gasteiger partial charge in [-0.2, -0.15) is 5.26 Å². The van der Waals surface area contributed by atoms with Crippen LogP contribution in [0.5, 0.6) is 0 Å². The van der Waals surface area contributed by atoms with Gasteiger partial charge >= 0.3 is 0 Å². The van der Waals surface area contributed by atoms with Crippen LogP contribution in [-0.2, 0) is 0 Å². The fraction of sp³-hybridized carbons (Fsp3) is 0.562. The van der Waals surface area contributed by atoms with Crippen molar-refractivity contribution in [1.82, 2.24) is 4.90 Å². The third-order valence-corrected chi connectivity index (χ3v) is 5.68. The maximum absolute atomic E-state index is 14.3. The van der Waals surface area contributed by atoms with E-state index in [0.29, 0.717) is 29.4 Å². The Hall–Kier alpha value is -1.12. The SMILES string of the molecule is CN1C2CCCC1CC(Nc1ccc(C#N)c(Br)c1F)C2. The zero-order valence-corrected chi connectivity index (χ0v) is 13.7. The number of fused-ring (bicyclic) bond motifs is 2. The molecule has 2 saturated heterocycles. The highest BCUT2D eigenvalue weighted by molar-refractivity contribution is 9.10. The number of anilines is 1. The van der Waals surface area contributed by atoms with E-state index in [-0.39, 0.29) is 10.3 Å². The smallest absolute Gasteiger partial charge is 0.161 e. The van der Waals surface area contributed by atoms with Crippen molar-refractivity contribution < 1.29 is 4.39 Å². The van der Waals surface area contributed by atoms with Gasteiger partial charge in [-0.25, -0.2) is 4.39 Å². The average Bonchev–Trinajstić information content (AvgIpc) is 2.45. The molecule has 3 rings (SSSR count). The van der Waals surface area contributed by atoms with Gasteiger partial charge in [0.1, 0.15) is 6.07 Å². The lowest BCUT2D eigenvalue weighted by molar-refractivity contribution is 0.0608. The molecule has 0 radical (unpaired) electrons. The molecule has 1 aromatic rings. The number of hydrogen-bond donors (Lipinski definition) is 1. The predicted molar refractivity (Wildman–Crippen MR) is 84.6 cm³/mol. The third-order valence-electron chi connectivity index (χ3n) is 4.90.